The second-order valence-corrected chi connectivity index (χ2v) is 8.31. The number of unbranched alkanes of at least 4 members (excludes halogenated alkanes) is 1. The van der Waals surface area contributed by atoms with Gasteiger partial charge in [0.2, 0.25) is 0 Å². The highest BCUT2D eigenvalue weighted by atomic mass is 16.5. The summed E-state index contributed by atoms with van der Waals surface area (Å²) >= 11 is 0. The molecule has 1 aromatic heterocycles. The second kappa shape index (κ2) is 11.9. The van der Waals surface area contributed by atoms with E-state index in [1.807, 2.05) is 44.2 Å². The zero-order valence-corrected chi connectivity index (χ0v) is 21.0. The van der Waals surface area contributed by atoms with E-state index in [9.17, 15) is 14.4 Å². The Hall–Kier alpha value is -4.27. The molecule has 190 valence electrons. The van der Waals surface area contributed by atoms with E-state index in [0.717, 1.165) is 12.0 Å². The number of benzene rings is 2. The summed E-state index contributed by atoms with van der Waals surface area (Å²) in [5, 5.41) is 0. The topological polar surface area (TPSA) is 120 Å². The third-order valence-electron chi connectivity index (χ3n) is 5.80. The van der Waals surface area contributed by atoms with Gasteiger partial charge in [0.25, 0.3) is 11.5 Å². The van der Waals surface area contributed by atoms with Crippen LogP contribution < -0.4 is 31.4 Å². The Morgan fingerprint density at radius 1 is 1.11 bits per heavy atom. The number of amides is 1. The molecule has 0 radical (unpaired) electrons. The molecule has 0 spiro atoms. The van der Waals surface area contributed by atoms with Crippen LogP contribution in [0.3, 0.4) is 0 Å². The molecule has 3 rings (SSSR count). The standard InChI is InChI=1S/C27H32N4O5/c1-5-6-15-30-25(28)24(26(33)29-27(30)34)31(17-20-9-7-8-10-21(20)35-3)23(32)14-12-19-16-18(2)11-13-22(19)36-4/h7-14,16H,5-6,15,17,28H2,1-4H3,(H,29,33,34)/b14-12+. The first-order valence-electron chi connectivity index (χ1n) is 11.7. The maximum absolute atomic E-state index is 13.6. The van der Waals surface area contributed by atoms with Crippen molar-refractivity contribution in [3.8, 4) is 11.5 Å². The number of aromatic nitrogens is 2. The second-order valence-electron chi connectivity index (χ2n) is 8.31. The number of nitrogens with two attached hydrogens (primary N) is 1. The lowest BCUT2D eigenvalue weighted by Gasteiger charge is -2.24. The third-order valence-corrected chi connectivity index (χ3v) is 5.80. The van der Waals surface area contributed by atoms with Crippen molar-refractivity contribution >= 4 is 23.5 Å². The van der Waals surface area contributed by atoms with Crippen LogP contribution in [0, 0.1) is 6.92 Å². The van der Waals surface area contributed by atoms with Gasteiger partial charge in [-0.25, -0.2) is 4.79 Å². The Morgan fingerprint density at radius 3 is 2.53 bits per heavy atom. The first-order valence-corrected chi connectivity index (χ1v) is 11.7. The molecule has 0 unspecified atom stereocenters. The minimum atomic E-state index is -0.741. The largest absolute Gasteiger partial charge is 0.496 e. The lowest BCUT2D eigenvalue weighted by Crippen LogP contribution is -2.40. The molecule has 1 amide bonds. The number of carbonyl (C=O) groups is 1. The summed E-state index contributed by atoms with van der Waals surface area (Å²) in [7, 11) is 3.08. The number of hydrogen-bond acceptors (Lipinski definition) is 6. The summed E-state index contributed by atoms with van der Waals surface area (Å²) in [6.45, 7) is 4.23. The van der Waals surface area contributed by atoms with Gasteiger partial charge in [-0.2, -0.15) is 0 Å². The normalized spacial score (nSPS) is 11.0. The van der Waals surface area contributed by atoms with Gasteiger partial charge in [-0.3, -0.25) is 24.0 Å². The number of nitrogen functional groups attached to an aromatic ring is 1. The van der Waals surface area contributed by atoms with Gasteiger partial charge >= 0.3 is 5.69 Å². The average molecular weight is 493 g/mol. The van der Waals surface area contributed by atoms with Crippen molar-refractivity contribution in [2.24, 2.45) is 0 Å². The first-order chi connectivity index (χ1) is 17.3. The summed E-state index contributed by atoms with van der Waals surface area (Å²) in [5.41, 5.74) is 7.26. The summed E-state index contributed by atoms with van der Waals surface area (Å²) in [6, 6.07) is 12.8. The van der Waals surface area contributed by atoms with Crippen LogP contribution in [-0.4, -0.2) is 29.7 Å². The van der Waals surface area contributed by atoms with Crippen LogP contribution in [0.4, 0.5) is 11.5 Å². The number of H-pyrrole nitrogens is 1. The molecule has 0 aliphatic heterocycles. The van der Waals surface area contributed by atoms with Gasteiger partial charge in [0.1, 0.15) is 17.3 Å². The Morgan fingerprint density at radius 2 is 1.83 bits per heavy atom. The number of carbonyl (C=O) groups excluding carboxylic acids is 1. The molecule has 0 saturated carbocycles. The van der Waals surface area contributed by atoms with E-state index in [-0.39, 0.29) is 18.1 Å². The Kier molecular flexibility index (Phi) is 8.72. The maximum Gasteiger partial charge on any atom is 0.330 e. The highest BCUT2D eigenvalue weighted by molar-refractivity contribution is 6.05. The minimum Gasteiger partial charge on any atom is -0.496 e. The fraction of sp³-hybridized carbons (Fsp3) is 0.296. The molecule has 0 bridgehead atoms. The molecular formula is C27H32N4O5. The number of anilines is 2. The van der Waals surface area contributed by atoms with Crippen molar-refractivity contribution in [2.45, 2.75) is 39.8 Å². The zero-order chi connectivity index (χ0) is 26.2. The molecule has 3 N–H and O–H groups in total. The number of rotatable bonds is 10. The summed E-state index contributed by atoms with van der Waals surface area (Å²) in [5.74, 6) is 0.588. The molecule has 3 aromatic rings. The fourth-order valence-electron chi connectivity index (χ4n) is 3.88. The van der Waals surface area contributed by atoms with Crippen LogP contribution in [0.2, 0.25) is 0 Å². The van der Waals surface area contributed by atoms with Gasteiger partial charge in [0.05, 0.1) is 20.8 Å². The zero-order valence-electron chi connectivity index (χ0n) is 21.0. The van der Waals surface area contributed by atoms with Crippen LogP contribution in [0.5, 0.6) is 11.5 Å². The number of methoxy groups -OCH3 is 2. The highest BCUT2D eigenvalue weighted by Gasteiger charge is 2.24. The Balaban J connectivity index is 2.13. The van der Waals surface area contributed by atoms with Crippen molar-refractivity contribution in [3.05, 3.63) is 86.1 Å². The summed E-state index contributed by atoms with van der Waals surface area (Å²) in [4.78, 5) is 42.6. The van der Waals surface area contributed by atoms with E-state index >= 15 is 0 Å². The van der Waals surface area contributed by atoms with E-state index in [1.54, 1.807) is 25.3 Å². The number of ether oxygens (including phenoxy) is 2. The van der Waals surface area contributed by atoms with Crippen LogP contribution in [0.15, 0.2) is 58.1 Å². The van der Waals surface area contributed by atoms with Crippen molar-refractivity contribution < 1.29 is 14.3 Å². The smallest absolute Gasteiger partial charge is 0.330 e. The van der Waals surface area contributed by atoms with Gasteiger partial charge in [0, 0.05) is 23.7 Å². The Bertz CT molecular complexity index is 1370. The predicted octanol–water partition coefficient (Wildman–Crippen LogP) is 3.49. The van der Waals surface area contributed by atoms with E-state index in [2.05, 4.69) is 4.98 Å². The van der Waals surface area contributed by atoms with Crippen LogP contribution in [0.25, 0.3) is 6.08 Å². The van der Waals surface area contributed by atoms with E-state index in [1.165, 1.54) is 22.7 Å². The Labute approximate surface area is 209 Å². The third kappa shape index (κ3) is 5.86. The molecule has 2 aromatic carbocycles. The van der Waals surface area contributed by atoms with Crippen molar-refractivity contribution in [1.82, 2.24) is 9.55 Å². The maximum atomic E-state index is 13.6. The first kappa shape index (κ1) is 26.3. The number of para-hydroxylation sites is 1. The summed E-state index contributed by atoms with van der Waals surface area (Å²) in [6.07, 6.45) is 4.49. The molecule has 0 saturated heterocycles. The van der Waals surface area contributed by atoms with E-state index < -0.39 is 17.2 Å². The number of nitrogens with zero attached hydrogens (tertiary/aromatic N) is 2. The van der Waals surface area contributed by atoms with E-state index in [0.29, 0.717) is 35.6 Å². The number of aromatic amines is 1. The van der Waals surface area contributed by atoms with Crippen molar-refractivity contribution in [2.75, 3.05) is 24.9 Å². The molecule has 0 aliphatic carbocycles. The fourth-order valence-corrected chi connectivity index (χ4v) is 3.88. The van der Waals surface area contributed by atoms with Crippen LogP contribution in [-0.2, 0) is 17.9 Å². The molecule has 0 atom stereocenters. The van der Waals surface area contributed by atoms with Crippen LogP contribution >= 0.6 is 0 Å². The number of nitrogens with one attached hydrogen (secondary N) is 1. The minimum absolute atomic E-state index is 0.00258. The molecule has 0 fully saturated rings. The summed E-state index contributed by atoms with van der Waals surface area (Å²) < 4.78 is 12.1. The molecule has 9 heteroatoms. The number of aryl methyl sites for hydroxylation is 1. The molecule has 36 heavy (non-hydrogen) atoms. The molecule has 0 aliphatic rings. The lowest BCUT2D eigenvalue weighted by molar-refractivity contribution is -0.114. The highest BCUT2D eigenvalue weighted by Crippen LogP contribution is 2.26. The lowest BCUT2D eigenvalue weighted by atomic mass is 10.1. The quantitative estimate of drug-likeness (QED) is 0.418. The van der Waals surface area contributed by atoms with Crippen LogP contribution in [0.1, 0.15) is 36.5 Å². The average Bonchev–Trinajstić information content (AvgIpc) is 2.86. The monoisotopic (exact) mass is 492 g/mol. The van der Waals surface area contributed by atoms with Gasteiger partial charge in [-0.1, -0.05) is 43.2 Å². The van der Waals surface area contributed by atoms with E-state index in [4.69, 9.17) is 15.2 Å². The van der Waals surface area contributed by atoms with Crippen molar-refractivity contribution in [1.29, 1.82) is 0 Å². The molecule has 1 heterocycles. The van der Waals surface area contributed by atoms with Gasteiger partial charge < -0.3 is 15.2 Å². The van der Waals surface area contributed by atoms with Gasteiger partial charge in [-0.05, 0) is 37.6 Å². The predicted molar refractivity (Wildman–Crippen MR) is 142 cm³/mol. The van der Waals surface area contributed by atoms with Gasteiger partial charge in [0.15, 0.2) is 5.69 Å². The number of hydrogen-bond donors (Lipinski definition) is 2. The molecule has 9 nitrogen and oxygen atoms in total. The van der Waals surface area contributed by atoms with Gasteiger partial charge in [-0.15, -0.1) is 0 Å². The van der Waals surface area contributed by atoms with Crippen molar-refractivity contribution in [3.63, 3.8) is 0 Å². The molecular weight excluding hydrogens is 460 g/mol. The SMILES string of the molecule is CCCCn1c(N)c(N(Cc2ccccc2OC)C(=O)/C=C/c2cc(C)ccc2OC)c(=O)[nH]c1=O.